The Labute approximate surface area is 79.5 Å². The Morgan fingerprint density at radius 2 is 2.31 bits per heavy atom. The lowest BCUT2D eigenvalue weighted by Gasteiger charge is -1.84. The first-order chi connectivity index (χ1) is 6.29. The normalized spacial score (nSPS) is 10.6. The van der Waals surface area contributed by atoms with Crippen LogP contribution in [-0.4, -0.2) is 10.1 Å². The van der Waals surface area contributed by atoms with Crippen molar-refractivity contribution in [3.05, 3.63) is 23.7 Å². The van der Waals surface area contributed by atoms with Crippen LogP contribution in [0.5, 0.6) is 0 Å². The first-order valence-corrected chi connectivity index (χ1v) is 4.28. The second-order valence-corrected chi connectivity index (χ2v) is 2.83. The summed E-state index contributed by atoms with van der Waals surface area (Å²) in [5.74, 6) is 2.44. The summed E-state index contributed by atoms with van der Waals surface area (Å²) in [6, 6.07) is 3.61. The van der Waals surface area contributed by atoms with Crippen molar-refractivity contribution >= 4 is 11.6 Å². The highest BCUT2D eigenvalue weighted by atomic mass is 35.5. The van der Waals surface area contributed by atoms with E-state index in [0.29, 0.717) is 17.5 Å². The SMILES string of the molecule is Cc1ccc(-c2nc(CCl)no2)o1. The smallest absolute Gasteiger partial charge is 0.293 e. The van der Waals surface area contributed by atoms with E-state index in [2.05, 4.69) is 10.1 Å². The van der Waals surface area contributed by atoms with E-state index < -0.39 is 0 Å². The summed E-state index contributed by atoms with van der Waals surface area (Å²) < 4.78 is 10.2. The molecular formula is C8H7ClN2O2. The van der Waals surface area contributed by atoms with Gasteiger partial charge in [0, 0.05) is 0 Å². The summed E-state index contributed by atoms with van der Waals surface area (Å²) in [4.78, 5) is 4.01. The van der Waals surface area contributed by atoms with Crippen LogP contribution in [0.1, 0.15) is 11.6 Å². The van der Waals surface area contributed by atoms with Crippen molar-refractivity contribution in [2.24, 2.45) is 0 Å². The number of hydrogen-bond donors (Lipinski definition) is 0. The van der Waals surface area contributed by atoms with Crippen LogP contribution in [0.25, 0.3) is 11.7 Å². The molecule has 0 aromatic carbocycles. The van der Waals surface area contributed by atoms with Crippen molar-refractivity contribution in [2.75, 3.05) is 0 Å². The fourth-order valence-corrected chi connectivity index (χ4v) is 1.07. The molecule has 0 spiro atoms. The van der Waals surface area contributed by atoms with Gasteiger partial charge in [0.15, 0.2) is 11.6 Å². The quantitative estimate of drug-likeness (QED) is 0.696. The molecule has 0 radical (unpaired) electrons. The molecule has 2 heterocycles. The fraction of sp³-hybridized carbons (Fsp3) is 0.250. The van der Waals surface area contributed by atoms with Crippen molar-refractivity contribution in [3.63, 3.8) is 0 Å². The van der Waals surface area contributed by atoms with Gasteiger partial charge in [-0.2, -0.15) is 4.98 Å². The van der Waals surface area contributed by atoms with Crippen LogP contribution in [0.3, 0.4) is 0 Å². The van der Waals surface area contributed by atoms with E-state index in [0.717, 1.165) is 5.76 Å². The van der Waals surface area contributed by atoms with E-state index in [4.69, 9.17) is 20.5 Å². The van der Waals surface area contributed by atoms with Crippen LogP contribution >= 0.6 is 11.6 Å². The zero-order valence-corrected chi connectivity index (χ0v) is 7.71. The van der Waals surface area contributed by atoms with E-state index >= 15 is 0 Å². The Morgan fingerprint density at radius 3 is 2.85 bits per heavy atom. The monoisotopic (exact) mass is 198 g/mol. The third-order valence-electron chi connectivity index (χ3n) is 1.54. The Hall–Kier alpha value is -1.29. The number of aryl methyl sites for hydroxylation is 1. The molecule has 4 nitrogen and oxygen atoms in total. The van der Waals surface area contributed by atoms with Gasteiger partial charge in [-0.05, 0) is 19.1 Å². The van der Waals surface area contributed by atoms with Gasteiger partial charge in [-0.1, -0.05) is 5.16 Å². The van der Waals surface area contributed by atoms with Gasteiger partial charge in [-0.25, -0.2) is 0 Å². The third kappa shape index (κ3) is 1.58. The van der Waals surface area contributed by atoms with Crippen molar-refractivity contribution in [1.29, 1.82) is 0 Å². The molecule has 0 aliphatic carbocycles. The highest BCUT2D eigenvalue weighted by Gasteiger charge is 2.10. The van der Waals surface area contributed by atoms with Gasteiger partial charge in [0.25, 0.3) is 5.89 Å². The lowest BCUT2D eigenvalue weighted by molar-refractivity contribution is 0.408. The lowest BCUT2D eigenvalue weighted by atomic mass is 10.4. The molecular weight excluding hydrogens is 192 g/mol. The molecule has 0 aliphatic heterocycles. The zero-order chi connectivity index (χ0) is 9.26. The van der Waals surface area contributed by atoms with Crippen molar-refractivity contribution in [1.82, 2.24) is 10.1 Å². The minimum absolute atomic E-state index is 0.239. The Bertz CT molecular complexity index is 408. The number of furan rings is 1. The number of nitrogens with zero attached hydrogens (tertiary/aromatic N) is 2. The Balaban J connectivity index is 2.35. The van der Waals surface area contributed by atoms with Gasteiger partial charge in [0.2, 0.25) is 0 Å². The Morgan fingerprint density at radius 1 is 1.46 bits per heavy atom. The van der Waals surface area contributed by atoms with Gasteiger partial charge in [0.05, 0.1) is 5.88 Å². The molecule has 0 saturated carbocycles. The molecule has 0 N–H and O–H groups in total. The summed E-state index contributed by atoms with van der Waals surface area (Å²) in [7, 11) is 0. The molecule has 0 unspecified atom stereocenters. The molecule has 5 heteroatoms. The molecule has 0 saturated heterocycles. The van der Waals surface area contributed by atoms with Gasteiger partial charge in [-0.15, -0.1) is 11.6 Å². The van der Waals surface area contributed by atoms with E-state index in [9.17, 15) is 0 Å². The molecule has 13 heavy (non-hydrogen) atoms. The number of rotatable bonds is 2. The van der Waals surface area contributed by atoms with Crippen molar-refractivity contribution in [3.8, 4) is 11.7 Å². The minimum Gasteiger partial charge on any atom is -0.456 e. The average Bonchev–Trinajstić information content (AvgIpc) is 2.71. The molecule has 0 bridgehead atoms. The van der Waals surface area contributed by atoms with Crippen LogP contribution in [0.4, 0.5) is 0 Å². The van der Waals surface area contributed by atoms with Crippen LogP contribution in [-0.2, 0) is 5.88 Å². The minimum atomic E-state index is 0.239. The molecule has 0 amide bonds. The molecule has 0 aliphatic rings. The van der Waals surface area contributed by atoms with Crippen LogP contribution in [0.15, 0.2) is 21.1 Å². The van der Waals surface area contributed by atoms with E-state index in [1.165, 1.54) is 0 Å². The van der Waals surface area contributed by atoms with E-state index in [1.54, 1.807) is 6.07 Å². The topological polar surface area (TPSA) is 52.1 Å². The second kappa shape index (κ2) is 3.22. The maximum Gasteiger partial charge on any atom is 0.293 e. The molecule has 0 fully saturated rings. The first kappa shape index (κ1) is 8.31. The standard InChI is InChI=1S/C8H7ClN2O2/c1-5-2-3-6(12-5)8-10-7(4-9)11-13-8/h2-3H,4H2,1H3. The molecule has 2 aromatic heterocycles. The van der Waals surface area contributed by atoms with Gasteiger partial charge >= 0.3 is 0 Å². The summed E-state index contributed by atoms with van der Waals surface area (Å²) >= 11 is 5.52. The second-order valence-electron chi connectivity index (χ2n) is 2.56. The lowest BCUT2D eigenvalue weighted by Crippen LogP contribution is -1.79. The summed E-state index contributed by atoms with van der Waals surface area (Å²) in [5.41, 5.74) is 0. The van der Waals surface area contributed by atoms with Gasteiger partial charge in [-0.3, -0.25) is 0 Å². The number of halogens is 1. The number of hydrogen-bond acceptors (Lipinski definition) is 4. The third-order valence-corrected chi connectivity index (χ3v) is 1.78. The van der Waals surface area contributed by atoms with Gasteiger partial charge in [0.1, 0.15) is 5.76 Å². The van der Waals surface area contributed by atoms with E-state index in [-0.39, 0.29) is 5.88 Å². The summed E-state index contributed by atoms with van der Waals surface area (Å²) in [6.45, 7) is 1.85. The predicted octanol–water partition coefficient (Wildman–Crippen LogP) is 2.38. The van der Waals surface area contributed by atoms with Crippen LogP contribution in [0.2, 0.25) is 0 Å². The first-order valence-electron chi connectivity index (χ1n) is 3.75. The molecule has 68 valence electrons. The van der Waals surface area contributed by atoms with Crippen LogP contribution in [0, 0.1) is 6.92 Å². The van der Waals surface area contributed by atoms with Crippen molar-refractivity contribution < 1.29 is 8.94 Å². The maximum absolute atomic E-state index is 5.52. The van der Waals surface area contributed by atoms with Crippen molar-refractivity contribution in [2.45, 2.75) is 12.8 Å². The number of alkyl halides is 1. The van der Waals surface area contributed by atoms with E-state index in [1.807, 2.05) is 13.0 Å². The fourth-order valence-electron chi connectivity index (χ4n) is 0.958. The maximum atomic E-state index is 5.52. The largest absolute Gasteiger partial charge is 0.456 e. The predicted molar refractivity (Wildman–Crippen MR) is 46.3 cm³/mol. The highest BCUT2D eigenvalue weighted by Crippen LogP contribution is 2.19. The number of aromatic nitrogens is 2. The molecule has 2 rings (SSSR count). The summed E-state index contributed by atoms with van der Waals surface area (Å²) in [5, 5.41) is 3.64. The summed E-state index contributed by atoms with van der Waals surface area (Å²) in [6.07, 6.45) is 0. The van der Waals surface area contributed by atoms with Crippen LogP contribution < -0.4 is 0 Å². The molecule has 0 atom stereocenters. The highest BCUT2D eigenvalue weighted by molar-refractivity contribution is 6.16. The Kier molecular flexibility index (Phi) is 2.06. The molecule has 2 aromatic rings. The van der Waals surface area contributed by atoms with Gasteiger partial charge < -0.3 is 8.94 Å². The zero-order valence-electron chi connectivity index (χ0n) is 6.95. The average molecular weight is 199 g/mol.